The second-order valence-corrected chi connectivity index (χ2v) is 5.05. The van der Waals surface area contributed by atoms with Crippen molar-refractivity contribution in [1.82, 2.24) is 0 Å². The number of aromatic hydroxyl groups is 1. The monoisotopic (exact) mass is 278 g/mol. The minimum absolute atomic E-state index is 0.134. The Balaban J connectivity index is 2.38. The minimum Gasteiger partial charge on any atom is -0.508 e. The fourth-order valence-corrected chi connectivity index (χ4v) is 2.24. The lowest BCUT2D eigenvalue weighted by atomic mass is 10.1. The van der Waals surface area contributed by atoms with E-state index < -0.39 is 5.63 Å². The number of rotatable bonds is 5. The van der Waals surface area contributed by atoms with Gasteiger partial charge in [-0.1, -0.05) is 0 Å². The molecule has 20 heavy (non-hydrogen) atoms. The van der Waals surface area contributed by atoms with Gasteiger partial charge in [0, 0.05) is 29.7 Å². The first-order valence-corrected chi connectivity index (χ1v) is 6.60. The van der Waals surface area contributed by atoms with E-state index in [4.69, 9.17) is 9.15 Å². The van der Waals surface area contributed by atoms with E-state index >= 15 is 0 Å². The SMILES string of the molecule is COC[C@@H](C)[NH2+]Cc1cc(=O)oc2c(C)c(O)ccc12. The number of fused-ring (bicyclic) bond motifs is 1. The molecule has 0 saturated carbocycles. The van der Waals surface area contributed by atoms with Crippen molar-refractivity contribution in [2.75, 3.05) is 13.7 Å². The van der Waals surface area contributed by atoms with Gasteiger partial charge in [0.15, 0.2) is 0 Å². The second kappa shape index (κ2) is 6.07. The van der Waals surface area contributed by atoms with E-state index in [2.05, 4.69) is 12.2 Å². The summed E-state index contributed by atoms with van der Waals surface area (Å²) in [7, 11) is 1.67. The third-order valence-corrected chi connectivity index (χ3v) is 3.39. The number of quaternary nitrogens is 1. The molecule has 0 spiro atoms. The Kier molecular flexibility index (Phi) is 4.42. The van der Waals surface area contributed by atoms with E-state index in [1.165, 1.54) is 6.07 Å². The van der Waals surface area contributed by atoms with Crippen LogP contribution >= 0.6 is 0 Å². The van der Waals surface area contributed by atoms with Crippen LogP contribution in [-0.2, 0) is 11.3 Å². The molecule has 1 atom stereocenters. The number of aryl methyl sites for hydroxylation is 1. The molecule has 0 aliphatic heterocycles. The fourth-order valence-electron chi connectivity index (χ4n) is 2.24. The van der Waals surface area contributed by atoms with Crippen LogP contribution in [0, 0.1) is 6.92 Å². The van der Waals surface area contributed by atoms with Crippen molar-refractivity contribution in [3.8, 4) is 5.75 Å². The molecule has 2 rings (SSSR count). The molecule has 1 aromatic carbocycles. The zero-order chi connectivity index (χ0) is 14.7. The van der Waals surface area contributed by atoms with Gasteiger partial charge in [-0.15, -0.1) is 0 Å². The Bertz CT molecular complexity index is 663. The topological polar surface area (TPSA) is 76.3 Å². The quantitative estimate of drug-likeness (QED) is 0.797. The van der Waals surface area contributed by atoms with Crippen molar-refractivity contribution in [1.29, 1.82) is 0 Å². The lowest BCUT2D eigenvalue weighted by Gasteiger charge is -2.11. The largest absolute Gasteiger partial charge is 0.508 e. The number of hydrogen-bond acceptors (Lipinski definition) is 4. The molecule has 0 unspecified atom stereocenters. The summed E-state index contributed by atoms with van der Waals surface area (Å²) < 4.78 is 10.3. The first kappa shape index (κ1) is 14.6. The van der Waals surface area contributed by atoms with Gasteiger partial charge >= 0.3 is 5.63 Å². The molecule has 3 N–H and O–H groups in total. The molecule has 108 valence electrons. The van der Waals surface area contributed by atoms with Gasteiger partial charge < -0.3 is 19.6 Å². The molecule has 0 radical (unpaired) electrons. The Morgan fingerprint density at radius 1 is 1.45 bits per heavy atom. The maximum absolute atomic E-state index is 11.7. The molecule has 2 aromatic rings. The van der Waals surface area contributed by atoms with E-state index in [9.17, 15) is 9.90 Å². The highest BCUT2D eigenvalue weighted by Gasteiger charge is 2.13. The summed E-state index contributed by atoms with van der Waals surface area (Å²) in [6.07, 6.45) is 0. The predicted molar refractivity (Wildman–Crippen MR) is 75.9 cm³/mol. The van der Waals surface area contributed by atoms with Gasteiger partial charge in [0.2, 0.25) is 0 Å². The van der Waals surface area contributed by atoms with Gasteiger partial charge in [0.1, 0.15) is 23.9 Å². The van der Waals surface area contributed by atoms with E-state index in [0.29, 0.717) is 30.3 Å². The molecule has 0 aliphatic carbocycles. The maximum Gasteiger partial charge on any atom is 0.336 e. The fraction of sp³-hybridized carbons (Fsp3) is 0.400. The van der Waals surface area contributed by atoms with Crippen LogP contribution in [0.1, 0.15) is 18.1 Å². The number of ether oxygens (including phenoxy) is 1. The summed E-state index contributed by atoms with van der Waals surface area (Å²) in [5, 5.41) is 12.7. The molecule has 0 bridgehead atoms. The average Bonchev–Trinajstić information content (AvgIpc) is 2.41. The van der Waals surface area contributed by atoms with Crippen molar-refractivity contribution in [2.45, 2.75) is 26.4 Å². The first-order valence-electron chi connectivity index (χ1n) is 6.60. The summed E-state index contributed by atoms with van der Waals surface area (Å²) >= 11 is 0. The summed E-state index contributed by atoms with van der Waals surface area (Å²) in [4.78, 5) is 11.7. The number of benzene rings is 1. The van der Waals surface area contributed by atoms with Crippen LogP contribution in [0.2, 0.25) is 0 Å². The molecule has 1 heterocycles. The number of phenols is 1. The number of nitrogens with two attached hydrogens (primary N) is 1. The highest BCUT2D eigenvalue weighted by atomic mass is 16.5. The molecule has 1 aromatic heterocycles. The van der Waals surface area contributed by atoms with Crippen molar-refractivity contribution in [3.63, 3.8) is 0 Å². The van der Waals surface area contributed by atoms with Crippen LogP contribution in [0.25, 0.3) is 11.0 Å². The van der Waals surface area contributed by atoms with E-state index in [1.54, 1.807) is 26.2 Å². The van der Waals surface area contributed by atoms with Crippen molar-refractivity contribution < 1.29 is 19.6 Å². The third-order valence-electron chi connectivity index (χ3n) is 3.39. The Hall–Kier alpha value is -1.85. The normalized spacial score (nSPS) is 12.8. The first-order chi connectivity index (χ1) is 9.52. The average molecular weight is 278 g/mol. The smallest absolute Gasteiger partial charge is 0.336 e. The summed E-state index contributed by atoms with van der Waals surface area (Å²) in [5.41, 5.74) is 1.56. The highest BCUT2D eigenvalue weighted by Crippen LogP contribution is 2.26. The molecule has 5 heteroatoms. The van der Waals surface area contributed by atoms with E-state index in [1.807, 2.05) is 0 Å². The number of hydrogen-bond donors (Lipinski definition) is 2. The van der Waals surface area contributed by atoms with Crippen LogP contribution < -0.4 is 10.9 Å². The van der Waals surface area contributed by atoms with Crippen LogP contribution in [0.3, 0.4) is 0 Å². The maximum atomic E-state index is 11.7. The van der Waals surface area contributed by atoms with E-state index in [-0.39, 0.29) is 5.75 Å². The molecule has 0 aliphatic rings. The lowest BCUT2D eigenvalue weighted by molar-refractivity contribution is -0.702. The summed E-state index contributed by atoms with van der Waals surface area (Å²) in [6, 6.07) is 5.22. The van der Waals surface area contributed by atoms with Gasteiger partial charge in [0.05, 0.1) is 6.61 Å². The highest BCUT2D eigenvalue weighted by molar-refractivity contribution is 5.84. The standard InChI is InChI=1S/C15H19NO4/c1-9(8-19-3)16-7-11-6-14(18)20-15-10(2)13(17)5-4-12(11)15/h4-6,9,16-17H,7-8H2,1-3H3/p+1/t9-/m1/s1. The minimum atomic E-state index is -0.394. The van der Waals surface area contributed by atoms with Crippen molar-refractivity contribution in [3.05, 3.63) is 39.7 Å². The summed E-state index contributed by atoms with van der Waals surface area (Å²) in [6.45, 7) is 5.12. The van der Waals surface area contributed by atoms with Crippen LogP contribution in [0.5, 0.6) is 5.75 Å². The Morgan fingerprint density at radius 2 is 2.20 bits per heavy atom. The second-order valence-electron chi connectivity index (χ2n) is 5.05. The number of phenolic OH excluding ortho intramolecular Hbond substituents is 1. The van der Waals surface area contributed by atoms with Crippen molar-refractivity contribution >= 4 is 11.0 Å². The zero-order valence-electron chi connectivity index (χ0n) is 12.0. The summed E-state index contributed by atoms with van der Waals surface area (Å²) in [5.74, 6) is 0.134. The predicted octanol–water partition coefficient (Wildman–Crippen LogP) is 0.905. The molecule has 5 nitrogen and oxygen atoms in total. The molecule has 0 amide bonds. The third kappa shape index (κ3) is 3.00. The molecule has 0 fully saturated rings. The lowest BCUT2D eigenvalue weighted by Crippen LogP contribution is -2.88. The van der Waals surface area contributed by atoms with Gasteiger partial charge in [-0.05, 0) is 26.0 Å². The van der Waals surface area contributed by atoms with Gasteiger partial charge in [0.25, 0.3) is 0 Å². The molecular weight excluding hydrogens is 258 g/mol. The Labute approximate surface area is 117 Å². The number of methoxy groups -OCH3 is 1. The Morgan fingerprint density at radius 3 is 2.90 bits per heavy atom. The van der Waals surface area contributed by atoms with Crippen LogP contribution in [0.4, 0.5) is 0 Å². The van der Waals surface area contributed by atoms with Crippen LogP contribution in [-0.4, -0.2) is 24.9 Å². The molecule has 0 saturated heterocycles. The molecular formula is C15H20NO4+. The van der Waals surface area contributed by atoms with Gasteiger partial charge in [-0.2, -0.15) is 0 Å². The zero-order valence-corrected chi connectivity index (χ0v) is 12.0. The van der Waals surface area contributed by atoms with Gasteiger partial charge in [-0.3, -0.25) is 0 Å². The van der Waals surface area contributed by atoms with E-state index in [0.717, 1.165) is 10.9 Å². The van der Waals surface area contributed by atoms with Gasteiger partial charge in [-0.25, -0.2) is 4.79 Å². The van der Waals surface area contributed by atoms with Crippen LogP contribution in [0.15, 0.2) is 27.4 Å². The van der Waals surface area contributed by atoms with Crippen molar-refractivity contribution in [2.24, 2.45) is 0 Å².